The van der Waals surface area contributed by atoms with Crippen molar-refractivity contribution >= 4 is 27.5 Å². The quantitative estimate of drug-likeness (QED) is 0.538. The van der Waals surface area contributed by atoms with Gasteiger partial charge in [0.1, 0.15) is 18.4 Å². The van der Waals surface area contributed by atoms with E-state index in [0.717, 1.165) is 40.2 Å². The van der Waals surface area contributed by atoms with Crippen LogP contribution in [-0.4, -0.2) is 50.5 Å². The molecule has 0 aliphatic carbocycles. The summed E-state index contributed by atoms with van der Waals surface area (Å²) in [7, 11) is -3.84. The topological polar surface area (TPSA) is 86.8 Å². The Morgan fingerprint density at radius 2 is 1.70 bits per heavy atom. The Bertz CT molecular complexity index is 1060. The van der Waals surface area contributed by atoms with Crippen LogP contribution >= 0.6 is 0 Å². The minimum Gasteiger partial charge on any atom is -0.354 e. The number of hydrogen-bond acceptors (Lipinski definition) is 4. The lowest BCUT2D eigenvalue weighted by Crippen LogP contribution is -2.52. The molecular formula is C24H32FN3O4S. The van der Waals surface area contributed by atoms with Crippen molar-refractivity contribution in [2.75, 3.05) is 23.7 Å². The van der Waals surface area contributed by atoms with E-state index in [0.29, 0.717) is 13.0 Å². The molecule has 0 spiro atoms. The van der Waals surface area contributed by atoms with Gasteiger partial charge in [-0.3, -0.25) is 13.9 Å². The van der Waals surface area contributed by atoms with Crippen LogP contribution in [-0.2, 0) is 26.2 Å². The highest BCUT2D eigenvalue weighted by molar-refractivity contribution is 7.92. The summed E-state index contributed by atoms with van der Waals surface area (Å²) in [5, 5.41) is 2.83. The molecule has 2 rings (SSSR count). The van der Waals surface area contributed by atoms with Crippen LogP contribution in [0.3, 0.4) is 0 Å². The van der Waals surface area contributed by atoms with Gasteiger partial charge in [-0.05, 0) is 55.2 Å². The number of hydrogen-bond donors (Lipinski definition) is 1. The summed E-state index contributed by atoms with van der Waals surface area (Å²) in [5.41, 5.74) is 1.99. The molecule has 0 aromatic heterocycles. The van der Waals surface area contributed by atoms with Crippen LogP contribution in [0.4, 0.5) is 10.1 Å². The second-order valence-corrected chi connectivity index (χ2v) is 9.82. The summed E-state index contributed by atoms with van der Waals surface area (Å²) in [6.45, 7) is 5.79. The summed E-state index contributed by atoms with van der Waals surface area (Å²) in [6, 6.07) is 11.6. The maximum absolute atomic E-state index is 13.5. The van der Waals surface area contributed by atoms with Crippen molar-refractivity contribution < 1.29 is 22.4 Å². The first-order valence-electron chi connectivity index (χ1n) is 10.9. The molecule has 0 aliphatic heterocycles. The smallest absolute Gasteiger partial charge is 0.244 e. The van der Waals surface area contributed by atoms with E-state index in [9.17, 15) is 22.4 Å². The lowest BCUT2D eigenvalue weighted by molar-refractivity contribution is -0.140. The van der Waals surface area contributed by atoms with Crippen molar-refractivity contribution in [3.63, 3.8) is 0 Å². The summed E-state index contributed by atoms with van der Waals surface area (Å²) in [4.78, 5) is 27.8. The van der Waals surface area contributed by atoms with Crippen LogP contribution in [0.15, 0.2) is 48.5 Å². The molecule has 0 saturated heterocycles. The van der Waals surface area contributed by atoms with Crippen LogP contribution in [0, 0.1) is 12.7 Å². The van der Waals surface area contributed by atoms with E-state index in [-0.39, 0.29) is 18.1 Å². The van der Waals surface area contributed by atoms with Crippen molar-refractivity contribution in [2.24, 2.45) is 0 Å². The standard InChI is InChI=1S/C24H32FN3O4S/c1-5-15-26-24(30)22(6-2)27(16-19-10-8-7-9-18(19)3)23(29)17-28(33(4,31)32)21-13-11-20(25)12-14-21/h7-14,22H,5-6,15-17H2,1-4H3,(H,26,30). The van der Waals surface area contributed by atoms with Crippen molar-refractivity contribution in [2.45, 2.75) is 46.2 Å². The normalized spacial score (nSPS) is 12.2. The number of sulfonamides is 1. The first-order valence-corrected chi connectivity index (χ1v) is 12.8. The first-order chi connectivity index (χ1) is 15.6. The van der Waals surface area contributed by atoms with Gasteiger partial charge in [-0.2, -0.15) is 0 Å². The highest BCUT2D eigenvalue weighted by atomic mass is 32.2. The lowest BCUT2D eigenvalue weighted by Gasteiger charge is -2.33. The number of halogens is 1. The summed E-state index contributed by atoms with van der Waals surface area (Å²) in [5.74, 6) is -1.32. The molecule has 1 N–H and O–H groups in total. The number of benzene rings is 2. The Morgan fingerprint density at radius 3 is 2.24 bits per heavy atom. The third-order valence-electron chi connectivity index (χ3n) is 5.33. The summed E-state index contributed by atoms with van der Waals surface area (Å²) >= 11 is 0. The molecule has 0 fully saturated rings. The maximum atomic E-state index is 13.5. The number of nitrogens with one attached hydrogen (secondary N) is 1. The molecule has 1 unspecified atom stereocenters. The summed E-state index contributed by atoms with van der Waals surface area (Å²) in [6.07, 6.45) is 2.10. The van der Waals surface area contributed by atoms with E-state index in [1.54, 1.807) is 0 Å². The number of aryl methyl sites for hydroxylation is 1. The SMILES string of the molecule is CCCNC(=O)C(CC)N(Cc1ccccc1C)C(=O)CN(c1ccc(F)cc1)S(C)(=O)=O. The van der Waals surface area contributed by atoms with Gasteiger partial charge >= 0.3 is 0 Å². The molecule has 2 aromatic rings. The Labute approximate surface area is 195 Å². The van der Waals surface area contributed by atoms with Gasteiger partial charge in [0.2, 0.25) is 21.8 Å². The zero-order valence-electron chi connectivity index (χ0n) is 19.5. The molecule has 0 heterocycles. The Balaban J connectivity index is 2.42. The molecule has 9 heteroatoms. The molecule has 33 heavy (non-hydrogen) atoms. The molecule has 2 aromatic carbocycles. The second-order valence-electron chi connectivity index (χ2n) is 7.91. The number of rotatable bonds is 11. The van der Waals surface area contributed by atoms with E-state index < -0.39 is 34.3 Å². The fourth-order valence-electron chi connectivity index (χ4n) is 3.48. The van der Waals surface area contributed by atoms with Crippen molar-refractivity contribution in [3.05, 3.63) is 65.5 Å². The monoisotopic (exact) mass is 477 g/mol. The van der Waals surface area contributed by atoms with E-state index in [1.165, 1.54) is 17.0 Å². The van der Waals surface area contributed by atoms with Gasteiger partial charge in [0.05, 0.1) is 11.9 Å². The van der Waals surface area contributed by atoms with Gasteiger partial charge in [0, 0.05) is 13.1 Å². The Hall–Kier alpha value is -2.94. The first kappa shape index (κ1) is 26.3. The summed E-state index contributed by atoms with van der Waals surface area (Å²) < 4.78 is 39.3. The van der Waals surface area contributed by atoms with E-state index >= 15 is 0 Å². The predicted octanol–water partition coefficient (Wildman–Crippen LogP) is 3.23. The van der Waals surface area contributed by atoms with Gasteiger partial charge in [0.25, 0.3) is 0 Å². The molecule has 2 amide bonds. The molecule has 0 saturated carbocycles. The largest absolute Gasteiger partial charge is 0.354 e. The third-order valence-corrected chi connectivity index (χ3v) is 6.47. The number of carbonyl (C=O) groups excluding carboxylic acids is 2. The highest BCUT2D eigenvalue weighted by Gasteiger charge is 2.31. The third kappa shape index (κ3) is 7.28. The second kappa shape index (κ2) is 11.8. The molecular weight excluding hydrogens is 445 g/mol. The fraction of sp³-hybridized carbons (Fsp3) is 0.417. The Morgan fingerprint density at radius 1 is 1.06 bits per heavy atom. The zero-order chi connectivity index (χ0) is 24.6. The van der Waals surface area contributed by atoms with Crippen molar-refractivity contribution in [3.8, 4) is 0 Å². The van der Waals surface area contributed by atoms with Crippen LogP contribution in [0.1, 0.15) is 37.8 Å². The van der Waals surface area contributed by atoms with Gasteiger partial charge in [0.15, 0.2) is 0 Å². The number of amides is 2. The molecule has 0 bridgehead atoms. The molecule has 1 atom stereocenters. The number of anilines is 1. The van der Waals surface area contributed by atoms with Gasteiger partial charge in [-0.25, -0.2) is 12.8 Å². The number of carbonyl (C=O) groups is 2. The molecule has 0 aliphatic rings. The zero-order valence-corrected chi connectivity index (χ0v) is 20.4. The minimum absolute atomic E-state index is 0.157. The Kier molecular flexibility index (Phi) is 9.40. The molecule has 7 nitrogen and oxygen atoms in total. The van der Waals surface area contributed by atoms with E-state index in [1.807, 2.05) is 45.0 Å². The predicted molar refractivity (Wildman–Crippen MR) is 128 cm³/mol. The molecule has 180 valence electrons. The van der Waals surface area contributed by atoms with Gasteiger partial charge in [-0.15, -0.1) is 0 Å². The number of nitrogens with zero attached hydrogens (tertiary/aromatic N) is 2. The van der Waals surface area contributed by atoms with Crippen LogP contribution in [0.5, 0.6) is 0 Å². The van der Waals surface area contributed by atoms with E-state index in [4.69, 9.17) is 0 Å². The minimum atomic E-state index is -3.84. The van der Waals surface area contributed by atoms with Crippen molar-refractivity contribution in [1.82, 2.24) is 10.2 Å². The highest BCUT2D eigenvalue weighted by Crippen LogP contribution is 2.21. The molecule has 0 radical (unpaired) electrons. The van der Waals surface area contributed by atoms with Crippen LogP contribution < -0.4 is 9.62 Å². The van der Waals surface area contributed by atoms with Crippen molar-refractivity contribution in [1.29, 1.82) is 0 Å². The van der Waals surface area contributed by atoms with Crippen LogP contribution in [0.2, 0.25) is 0 Å². The van der Waals surface area contributed by atoms with E-state index in [2.05, 4.69) is 5.32 Å². The van der Waals surface area contributed by atoms with Gasteiger partial charge < -0.3 is 10.2 Å². The lowest BCUT2D eigenvalue weighted by atomic mass is 10.1. The fourth-order valence-corrected chi connectivity index (χ4v) is 4.33. The maximum Gasteiger partial charge on any atom is 0.244 e. The van der Waals surface area contributed by atoms with Crippen LogP contribution in [0.25, 0.3) is 0 Å². The average Bonchev–Trinajstić information content (AvgIpc) is 2.77. The van der Waals surface area contributed by atoms with Gasteiger partial charge in [-0.1, -0.05) is 38.1 Å². The average molecular weight is 478 g/mol.